The largest absolute Gasteiger partial charge is 0.355 e. The Morgan fingerprint density at radius 1 is 1.25 bits per heavy atom. The van der Waals surface area contributed by atoms with E-state index in [0.29, 0.717) is 18.5 Å². The lowest BCUT2D eigenvalue weighted by Crippen LogP contribution is -2.28. The molecule has 0 saturated heterocycles. The Hall–Kier alpha value is -1.29. The molecule has 20 heavy (non-hydrogen) atoms. The van der Waals surface area contributed by atoms with Crippen molar-refractivity contribution < 1.29 is 4.79 Å². The minimum absolute atomic E-state index is 0.0802. The summed E-state index contributed by atoms with van der Waals surface area (Å²) in [5.41, 5.74) is 1.26. The van der Waals surface area contributed by atoms with Crippen molar-refractivity contribution in [1.29, 1.82) is 0 Å². The summed E-state index contributed by atoms with van der Waals surface area (Å²) in [6.07, 6.45) is 6.17. The Labute approximate surface area is 122 Å². The van der Waals surface area contributed by atoms with E-state index in [1.54, 1.807) is 0 Å². The normalized spacial score (nSPS) is 12.7. The maximum Gasteiger partial charge on any atom is 0.239 e. The molecule has 4 nitrogen and oxygen atoms in total. The molecule has 1 aromatic rings. The predicted octanol–water partition coefficient (Wildman–Crippen LogP) is 2.71. The van der Waals surface area contributed by atoms with Crippen molar-refractivity contribution in [3.8, 4) is 0 Å². The van der Waals surface area contributed by atoms with Gasteiger partial charge >= 0.3 is 0 Å². The van der Waals surface area contributed by atoms with Gasteiger partial charge in [0.15, 0.2) is 0 Å². The molecule has 0 aliphatic heterocycles. The maximum atomic E-state index is 11.7. The lowest BCUT2D eigenvalue weighted by atomic mass is 9.98. The second-order valence-corrected chi connectivity index (χ2v) is 5.64. The van der Waals surface area contributed by atoms with Crippen molar-refractivity contribution >= 4 is 5.91 Å². The smallest absolute Gasteiger partial charge is 0.239 e. The Morgan fingerprint density at radius 2 is 1.95 bits per heavy atom. The first-order valence-corrected chi connectivity index (χ1v) is 7.74. The van der Waals surface area contributed by atoms with Gasteiger partial charge in [-0.15, -0.1) is 0 Å². The van der Waals surface area contributed by atoms with Crippen LogP contribution < -0.4 is 10.6 Å². The zero-order valence-electron chi connectivity index (χ0n) is 13.3. The van der Waals surface area contributed by atoms with Crippen LogP contribution in [0.15, 0.2) is 18.5 Å². The van der Waals surface area contributed by atoms with E-state index < -0.39 is 0 Å². The lowest BCUT2D eigenvalue weighted by molar-refractivity contribution is -0.121. The zero-order chi connectivity index (χ0) is 15.0. The highest BCUT2D eigenvalue weighted by molar-refractivity contribution is 5.75. The van der Waals surface area contributed by atoms with E-state index in [1.165, 1.54) is 5.56 Å². The standard InChI is InChI=1S/C16H29N3O/c1-5-8-17-15(20)12-19-10-7-14(11-19)16(13(3)4)18-9-6-2/h7,10-11,13,16,18H,5-6,8-9,12H2,1-4H3,(H,17,20). The van der Waals surface area contributed by atoms with E-state index in [9.17, 15) is 4.79 Å². The fourth-order valence-corrected chi connectivity index (χ4v) is 2.27. The highest BCUT2D eigenvalue weighted by Crippen LogP contribution is 2.21. The van der Waals surface area contributed by atoms with E-state index in [0.717, 1.165) is 25.9 Å². The highest BCUT2D eigenvalue weighted by Gasteiger charge is 2.16. The van der Waals surface area contributed by atoms with Crippen LogP contribution in [0.1, 0.15) is 52.1 Å². The first-order valence-electron chi connectivity index (χ1n) is 7.74. The summed E-state index contributed by atoms with van der Waals surface area (Å²) in [7, 11) is 0. The van der Waals surface area contributed by atoms with Crippen LogP contribution in [0.25, 0.3) is 0 Å². The monoisotopic (exact) mass is 279 g/mol. The number of nitrogens with zero attached hydrogens (tertiary/aromatic N) is 1. The molecule has 0 saturated carbocycles. The highest BCUT2D eigenvalue weighted by atomic mass is 16.1. The SMILES string of the molecule is CCCNC(=O)Cn1ccc(C(NCCC)C(C)C)c1. The van der Waals surface area contributed by atoms with Gasteiger partial charge < -0.3 is 15.2 Å². The second-order valence-electron chi connectivity index (χ2n) is 5.64. The molecule has 0 bridgehead atoms. The van der Waals surface area contributed by atoms with Crippen LogP contribution in [0.3, 0.4) is 0 Å². The molecule has 0 radical (unpaired) electrons. The van der Waals surface area contributed by atoms with E-state index >= 15 is 0 Å². The summed E-state index contributed by atoms with van der Waals surface area (Å²) in [5.74, 6) is 0.614. The Kier molecular flexibility index (Phi) is 7.37. The van der Waals surface area contributed by atoms with Crippen molar-refractivity contribution in [2.24, 2.45) is 5.92 Å². The van der Waals surface area contributed by atoms with Gasteiger partial charge in [-0.05, 0) is 36.9 Å². The number of hydrogen-bond donors (Lipinski definition) is 2. The quantitative estimate of drug-likeness (QED) is 0.730. The molecular weight excluding hydrogens is 250 g/mol. The number of carbonyl (C=O) groups excluding carboxylic acids is 1. The molecule has 1 amide bonds. The molecule has 4 heteroatoms. The van der Waals surface area contributed by atoms with Crippen molar-refractivity contribution in [3.63, 3.8) is 0 Å². The minimum atomic E-state index is 0.0802. The second kappa shape index (κ2) is 8.80. The number of rotatable bonds is 9. The van der Waals surface area contributed by atoms with Crippen LogP contribution in [-0.2, 0) is 11.3 Å². The summed E-state index contributed by atoms with van der Waals surface area (Å²) in [5, 5.41) is 6.47. The molecule has 1 rings (SSSR count). The molecule has 0 aliphatic carbocycles. The molecule has 2 N–H and O–H groups in total. The number of amides is 1. The van der Waals surface area contributed by atoms with Crippen LogP contribution in [0.2, 0.25) is 0 Å². The van der Waals surface area contributed by atoms with Gasteiger partial charge in [-0.3, -0.25) is 4.79 Å². The first kappa shape index (κ1) is 16.8. The van der Waals surface area contributed by atoms with Crippen LogP contribution in [0.4, 0.5) is 0 Å². The third-order valence-corrected chi connectivity index (χ3v) is 3.31. The van der Waals surface area contributed by atoms with Gasteiger partial charge in [0.2, 0.25) is 5.91 Å². The molecular formula is C16H29N3O. The van der Waals surface area contributed by atoms with Gasteiger partial charge in [-0.2, -0.15) is 0 Å². The molecule has 1 unspecified atom stereocenters. The number of hydrogen-bond acceptors (Lipinski definition) is 2. The number of nitrogens with one attached hydrogen (secondary N) is 2. The topological polar surface area (TPSA) is 46.1 Å². The molecule has 1 atom stereocenters. The predicted molar refractivity (Wildman–Crippen MR) is 83.6 cm³/mol. The van der Waals surface area contributed by atoms with Gasteiger partial charge in [0.25, 0.3) is 0 Å². The summed E-state index contributed by atoms with van der Waals surface area (Å²) >= 11 is 0. The lowest BCUT2D eigenvalue weighted by Gasteiger charge is -2.21. The molecule has 0 aromatic carbocycles. The van der Waals surface area contributed by atoms with Gasteiger partial charge in [-0.1, -0.05) is 27.7 Å². The molecule has 0 spiro atoms. The molecule has 114 valence electrons. The maximum absolute atomic E-state index is 11.7. The van der Waals surface area contributed by atoms with Crippen molar-refractivity contribution in [2.45, 2.75) is 53.1 Å². The third kappa shape index (κ3) is 5.37. The van der Waals surface area contributed by atoms with E-state index in [2.05, 4.69) is 50.6 Å². The van der Waals surface area contributed by atoms with Crippen molar-refractivity contribution in [1.82, 2.24) is 15.2 Å². The van der Waals surface area contributed by atoms with E-state index in [4.69, 9.17) is 0 Å². The van der Waals surface area contributed by atoms with Crippen LogP contribution in [-0.4, -0.2) is 23.6 Å². The van der Waals surface area contributed by atoms with E-state index in [-0.39, 0.29) is 5.91 Å². The van der Waals surface area contributed by atoms with Gasteiger partial charge in [-0.25, -0.2) is 0 Å². The van der Waals surface area contributed by atoms with Crippen LogP contribution in [0.5, 0.6) is 0 Å². The fourth-order valence-electron chi connectivity index (χ4n) is 2.27. The summed E-state index contributed by atoms with van der Waals surface area (Å²) in [6.45, 7) is 10.8. The Bertz CT molecular complexity index is 398. The van der Waals surface area contributed by atoms with Gasteiger partial charge in [0.1, 0.15) is 6.54 Å². The van der Waals surface area contributed by atoms with Crippen molar-refractivity contribution in [2.75, 3.05) is 13.1 Å². The Morgan fingerprint density at radius 3 is 2.55 bits per heavy atom. The van der Waals surface area contributed by atoms with Crippen LogP contribution >= 0.6 is 0 Å². The molecule has 1 aromatic heterocycles. The van der Waals surface area contributed by atoms with Crippen molar-refractivity contribution in [3.05, 3.63) is 24.0 Å². The number of aromatic nitrogens is 1. The summed E-state index contributed by atoms with van der Waals surface area (Å²) in [6, 6.07) is 2.47. The minimum Gasteiger partial charge on any atom is -0.355 e. The Balaban J connectivity index is 2.61. The van der Waals surface area contributed by atoms with Crippen LogP contribution in [0, 0.1) is 5.92 Å². The van der Waals surface area contributed by atoms with Gasteiger partial charge in [0.05, 0.1) is 0 Å². The first-order chi connectivity index (χ1) is 9.58. The fraction of sp³-hybridized carbons (Fsp3) is 0.688. The summed E-state index contributed by atoms with van der Waals surface area (Å²) in [4.78, 5) is 11.7. The average Bonchev–Trinajstić information content (AvgIpc) is 2.84. The molecule has 0 aliphatic rings. The zero-order valence-corrected chi connectivity index (χ0v) is 13.3. The average molecular weight is 279 g/mol. The summed E-state index contributed by atoms with van der Waals surface area (Å²) < 4.78 is 1.96. The molecule has 1 heterocycles. The molecule has 0 fully saturated rings. The van der Waals surface area contributed by atoms with E-state index in [1.807, 2.05) is 10.8 Å². The number of carbonyl (C=O) groups is 1. The third-order valence-electron chi connectivity index (χ3n) is 3.31. The van der Waals surface area contributed by atoms with Gasteiger partial charge in [0, 0.05) is 25.0 Å².